The van der Waals surface area contributed by atoms with Gasteiger partial charge in [-0.2, -0.15) is 0 Å². The van der Waals surface area contributed by atoms with Crippen LogP contribution in [0.25, 0.3) is 0 Å². The van der Waals surface area contributed by atoms with E-state index in [2.05, 4.69) is 22.5 Å². The number of halogens is 1. The molecule has 0 radical (unpaired) electrons. The molecule has 1 fully saturated rings. The van der Waals surface area contributed by atoms with Crippen LogP contribution in [0.15, 0.2) is 23.2 Å². The maximum Gasteiger partial charge on any atom is 0.195 e. The van der Waals surface area contributed by atoms with Gasteiger partial charge in [-0.15, -0.1) is 24.0 Å². The predicted octanol–water partition coefficient (Wildman–Crippen LogP) is 3.50. The van der Waals surface area contributed by atoms with E-state index in [1.807, 2.05) is 18.2 Å². The van der Waals surface area contributed by atoms with Crippen LogP contribution in [0.3, 0.4) is 0 Å². The summed E-state index contributed by atoms with van der Waals surface area (Å²) in [5, 5.41) is 6.56. The Morgan fingerprint density at radius 1 is 1.23 bits per heavy atom. The minimum atomic E-state index is 0. The Bertz CT molecular complexity index is 490. The number of nitrogens with zero attached hydrogens (tertiary/aromatic N) is 1. The molecule has 0 unspecified atom stereocenters. The standard InChI is InChI=1S/C16H25N3O2.HI/c1-4-17-16(18-10-9-12-5-6-12)19-13-7-8-14(20-2)15(11-13)21-3;/h7-8,11-12H,4-6,9-10H2,1-3H3,(H2,17,18,19);1H. The molecular formula is C16H26IN3O2. The van der Waals surface area contributed by atoms with Crippen molar-refractivity contribution in [3.05, 3.63) is 18.2 Å². The molecule has 1 aromatic rings. The van der Waals surface area contributed by atoms with E-state index in [1.165, 1.54) is 19.3 Å². The van der Waals surface area contributed by atoms with Crippen molar-refractivity contribution in [1.82, 2.24) is 5.32 Å². The summed E-state index contributed by atoms with van der Waals surface area (Å²) in [5.41, 5.74) is 0.929. The second-order valence-electron chi connectivity index (χ2n) is 5.19. The third kappa shape index (κ3) is 5.90. The molecule has 5 nitrogen and oxygen atoms in total. The normalized spacial score (nSPS) is 14.0. The zero-order chi connectivity index (χ0) is 15.1. The van der Waals surface area contributed by atoms with Crippen molar-refractivity contribution in [2.75, 3.05) is 32.6 Å². The topological polar surface area (TPSA) is 54.9 Å². The quantitative estimate of drug-likeness (QED) is 0.404. The maximum atomic E-state index is 5.31. The van der Waals surface area contributed by atoms with Crippen molar-refractivity contribution >= 4 is 35.6 Å². The van der Waals surface area contributed by atoms with Gasteiger partial charge in [0.15, 0.2) is 17.5 Å². The molecule has 1 aromatic carbocycles. The monoisotopic (exact) mass is 419 g/mol. The van der Waals surface area contributed by atoms with Crippen LogP contribution in [0.2, 0.25) is 0 Å². The molecule has 1 aliphatic carbocycles. The van der Waals surface area contributed by atoms with E-state index < -0.39 is 0 Å². The van der Waals surface area contributed by atoms with Crippen molar-refractivity contribution in [1.29, 1.82) is 0 Å². The number of methoxy groups -OCH3 is 2. The molecule has 2 rings (SSSR count). The summed E-state index contributed by atoms with van der Waals surface area (Å²) >= 11 is 0. The molecule has 0 atom stereocenters. The minimum absolute atomic E-state index is 0. The molecule has 6 heteroatoms. The van der Waals surface area contributed by atoms with Gasteiger partial charge in [0, 0.05) is 24.8 Å². The number of rotatable bonds is 7. The maximum absolute atomic E-state index is 5.31. The average molecular weight is 419 g/mol. The van der Waals surface area contributed by atoms with E-state index in [0.29, 0.717) is 5.75 Å². The third-order valence-electron chi connectivity index (χ3n) is 3.49. The Kier molecular flexibility index (Phi) is 8.37. The van der Waals surface area contributed by atoms with Crippen LogP contribution >= 0.6 is 24.0 Å². The van der Waals surface area contributed by atoms with Gasteiger partial charge in [0.1, 0.15) is 0 Å². The first-order valence-corrected chi connectivity index (χ1v) is 7.54. The van der Waals surface area contributed by atoms with Gasteiger partial charge < -0.3 is 20.1 Å². The zero-order valence-electron chi connectivity index (χ0n) is 13.5. The second-order valence-corrected chi connectivity index (χ2v) is 5.19. The molecule has 1 saturated carbocycles. The molecule has 0 bridgehead atoms. The molecule has 0 heterocycles. The van der Waals surface area contributed by atoms with Gasteiger partial charge in [-0.05, 0) is 31.4 Å². The molecule has 0 spiro atoms. The Labute approximate surface area is 149 Å². The first-order chi connectivity index (χ1) is 10.3. The van der Waals surface area contributed by atoms with E-state index in [0.717, 1.165) is 36.4 Å². The number of benzene rings is 1. The number of nitrogens with one attached hydrogen (secondary N) is 2. The van der Waals surface area contributed by atoms with E-state index in [9.17, 15) is 0 Å². The lowest BCUT2D eigenvalue weighted by molar-refractivity contribution is 0.355. The van der Waals surface area contributed by atoms with Crippen LogP contribution in [0.4, 0.5) is 5.69 Å². The average Bonchev–Trinajstić information content (AvgIpc) is 3.31. The van der Waals surface area contributed by atoms with Crippen LogP contribution < -0.4 is 20.1 Å². The van der Waals surface area contributed by atoms with Crippen molar-refractivity contribution < 1.29 is 9.47 Å². The van der Waals surface area contributed by atoms with Gasteiger partial charge in [-0.1, -0.05) is 12.8 Å². The predicted molar refractivity (Wildman–Crippen MR) is 102 cm³/mol. The van der Waals surface area contributed by atoms with Crippen LogP contribution in [-0.4, -0.2) is 33.3 Å². The Morgan fingerprint density at radius 3 is 2.55 bits per heavy atom. The Balaban J connectivity index is 0.00000242. The number of ether oxygens (including phenoxy) is 2. The molecule has 0 aliphatic heterocycles. The Morgan fingerprint density at radius 2 is 1.95 bits per heavy atom. The molecule has 1 aliphatic rings. The number of guanidine groups is 1. The highest BCUT2D eigenvalue weighted by atomic mass is 127. The third-order valence-corrected chi connectivity index (χ3v) is 3.49. The van der Waals surface area contributed by atoms with Crippen LogP contribution in [-0.2, 0) is 0 Å². The lowest BCUT2D eigenvalue weighted by Crippen LogP contribution is -2.30. The van der Waals surface area contributed by atoms with E-state index in [-0.39, 0.29) is 24.0 Å². The lowest BCUT2D eigenvalue weighted by Gasteiger charge is -2.13. The van der Waals surface area contributed by atoms with Crippen LogP contribution in [0.1, 0.15) is 26.2 Å². The fourth-order valence-electron chi connectivity index (χ4n) is 2.12. The number of aliphatic imine (C=N–C) groups is 1. The van der Waals surface area contributed by atoms with Crippen LogP contribution in [0, 0.1) is 5.92 Å². The van der Waals surface area contributed by atoms with Crippen LogP contribution in [0.5, 0.6) is 11.5 Å². The summed E-state index contributed by atoms with van der Waals surface area (Å²) in [6.07, 6.45) is 3.92. The first-order valence-electron chi connectivity index (χ1n) is 7.54. The number of hydrogen-bond donors (Lipinski definition) is 2. The van der Waals surface area contributed by atoms with E-state index in [4.69, 9.17) is 9.47 Å². The molecular weight excluding hydrogens is 393 g/mol. The fourth-order valence-corrected chi connectivity index (χ4v) is 2.12. The molecule has 124 valence electrons. The van der Waals surface area contributed by atoms with Gasteiger partial charge >= 0.3 is 0 Å². The van der Waals surface area contributed by atoms with E-state index in [1.54, 1.807) is 14.2 Å². The SMILES string of the molecule is CCNC(=NCCC1CC1)Nc1ccc(OC)c(OC)c1.I. The number of anilines is 1. The Hall–Kier alpha value is -1.18. The largest absolute Gasteiger partial charge is 0.493 e. The highest BCUT2D eigenvalue weighted by Crippen LogP contribution is 2.32. The molecule has 0 aromatic heterocycles. The van der Waals surface area contributed by atoms with Gasteiger partial charge in [0.2, 0.25) is 0 Å². The summed E-state index contributed by atoms with van der Waals surface area (Å²) in [7, 11) is 3.27. The summed E-state index contributed by atoms with van der Waals surface area (Å²) in [6.45, 7) is 3.77. The van der Waals surface area contributed by atoms with Crippen molar-refractivity contribution in [2.24, 2.45) is 10.9 Å². The fraction of sp³-hybridized carbons (Fsp3) is 0.562. The van der Waals surface area contributed by atoms with Gasteiger partial charge in [0.05, 0.1) is 14.2 Å². The first kappa shape index (κ1) is 18.9. The summed E-state index contributed by atoms with van der Waals surface area (Å²) in [4.78, 5) is 4.61. The molecule has 22 heavy (non-hydrogen) atoms. The van der Waals surface area contributed by atoms with Gasteiger partial charge in [0.25, 0.3) is 0 Å². The number of hydrogen-bond acceptors (Lipinski definition) is 3. The zero-order valence-corrected chi connectivity index (χ0v) is 15.8. The van der Waals surface area contributed by atoms with Gasteiger partial charge in [-0.3, -0.25) is 4.99 Å². The smallest absolute Gasteiger partial charge is 0.195 e. The van der Waals surface area contributed by atoms with Gasteiger partial charge in [-0.25, -0.2) is 0 Å². The summed E-state index contributed by atoms with van der Waals surface area (Å²) in [6, 6.07) is 5.75. The second kappa shape index (κ2) is 9.76. The van der Waals surface area contributed by atoms with Crippen molar-refractivity contribution in [2.45, 2.75) is 26.2 Å². The minimum Gasteiger partial charge on any atom is -0.493 e. The highest BCUT2D eigenvalue weighted by molar-refractivity contribution is 14.0. The highest BCUT2D eigenvalue weighted by Gasteiger charge is 2.20. The summed E-state index contributed by atoms with van der Waals surface area (Å²) in [5.74, 6) is 3.14. The van der Waals surface area contributed by atoms with Crippen molar-refractivity contribution in [3.63, 3.8) is 0 Å². The molecule has 0 saturated heterocycles. The molecule has 0 amide bonds. The van der Waals surface area contributed by atoms with Crippen molar-refractivity contribution in [3.8, 4) is 11.5 Å². The summed E-state index contributed by atoms with van der Waals surface area (Å²) < 4.78 is 10.6. The van der Waals surface area contributed by atoms with E-state index >= 15 is 0 Å². The molecule has 2 N–H and O–H groups in total. The lowest BCUT2D eigenvalue weighted by atomic mass is 10.2.